The van der Waals surface area contributed by atoms with Gasteiger partial charge in [-0.1, -0.05) is 0 Å². The van der Waals surface area contributed by atoms with Crippen LogP contribution in [0, 0.1) is 12.3 Å². The second kappa shape index (κ2) is 5.29. The fourth-order valence-corrected chi connectivity index (χ4v) is 3.81. The van der Waals surface area contributed by atoms with Gasteiger partial charge in [0.25, 0.3) is 0 Å². The molecule has 1 N–H and O–H groups in total. The van der Waals surface area contributed by atoms with Gasteiger partial charge in [-0.25, -0.2) is 0 Å². The van der Waals surface area contributed by atoms with Crippen LogP contribution in [0.3, 0.4) is 0 Å². The lowest BCUT2D eigenvalue weighted by molar-refractivity contribution is 0.0358. The molecule has 2 unspecified atom stereocenters. The topological polar surface area (TPSA) is 28.4 Å². The van der Waals surface area contributed by atoms with Crippen LogP contribution in [-0.4, -0.2) is 31.1 Å². The number of nitrogens with one attached hydrogen (secondary N) is 1. The molecule has 106 valence electrons. The number of hydrogen-bond donors (Lipinski definition) is 1. The minimum Gasteiger partial charge on any atom is -0.465 e. The van der Waals surface area contributed by atoms with Gasteiger partial charge in [-0.05, 0) is 70.2 Å². The Balaban J connectivity index is 1.70. The maximum Gasteiger partial charge on any atom is 0.121 e. The first kappa shape index (κ1) is 13.2. The summed E-state index contributed by atoms with van der Waals surface area (Å²) in [7, 11) is 0. The summed E-state index contributed by atoms with van der Waals surface area (Å²) < 4.78 is 5.82. The molecule has 1 aromatic rings. The lowest BCUT2D eigenvalue weighted by Crippen LogP contribution is -2.51. The van der Waals surface area contributed by atoms with E-state index < -0.39 is 0 Å². The Labute approximate surface area is 116 Å². The quantitative estimate of drug-likeness (QED) is 0.887. The van der Waals surface area contributed by atoms with Crippen molar-refractivity contribution in [3.8, 4) is 0 Å². The molecule has 3 heterocycles. The maximum absolute atomic E-state index is 5.82. The number of aryl methyl sites for hydroxylation is 1. The zero-order valence-electron chi connectivity index (χ0n) is 12.2. The molecule has 2 aliphatic rings. The first-order chi connectivity index (χ1) is 9.19. The number of rotatable bonds is 2. The van der Waals surface area contributed by atoms with E-state index in [0.29, 0.717) is 11.5 Å². The van der Waals surface area contributed by atoms with Crippen molar-refractivity contribution in [2.45, 2.75) is 45.6 Å². The van der Waals surface area contributed by atoms with Gasteiger partial charge in [0.05, 0.1) is 6.04 Å². The Morgan fingerprint density at radius 1 is 1.32 bits per heavy atom. The summed E-state index contributed by atoms with van der Waals surface area (Å²) in [5, 5.41) is 3.60. The van der Waals surface area contributed by atoms with Gasteiger partial charge in [-0.3, -0.25) is 4.90 Å². The van der Waals surface area contributed by atoms with Crippen molar-refractivity contribution in [2.24, 2.45) is 5.41 Å². The van der Waals surface area contributed by atoms with Crippen LogP contribution >= 0.6 is 0 Å². The average molecular weight is 262 g/mol. The number of furan rings is 1. The molecular weight excluding hydrogens is 236 g/mol. The average Bonchev–Trinajstić information content (AvgIpc) is 2.85. The molecule has 0 bridgehead atoms. The number of nitrogens with zero attached hydrogens (tertiary/aromatic N) is 1. The van der Waals surface area contributed by atoms with E-state index in [9.17, 15) is 0 Å². The number of likely N-dealkylation sites (tertiary alicyclic amines) is 1. The Bertz CT molecular complexity index is 415. The van der Waals surface area contributed by atoms with Crippen LogP contribution < -0.4 is 5.32 Å². The fourth-order valence-electron chi connectivity index (χ4n) is 3.81. The van der Waals surface area contributed by atoms with E-state index in [4.69, 9.17) is 4.42 Å². The highest BCUT2D eigenvalue weighted by Crippen LogP contribution is 2.38. The van der Waals surface area contributed by atoms with Crippen molar-refractivity contribution in [3.63, 3.8) is 0 Å². The first-order valence-electron chi connectivity index (χ1n) is 7.70. The SMILES string of the molecule is Cc1ccc(C(C)N2CCCC3(CCCNC3)C2)o1. The second-order valence-electron chi connectivity index (χ2n) is 6.48. The molecule has 3 heteroatoms. The van der Waals surface area contributed by atoms with E-state index in [2.05, 4.69) is 29.3 Å². The monoisotopic (exact) mass is 262 g/mol. The largest absolute Gasteiger partial charge is 0.465 e. The smallest absolute Gasteiger partial charge is 0.121 e. The van der Waals surface area contributed by atoms with Gasteiger partial charge in [0.15, 0.2) is 0 Å². The summed E-state index contributed by atoms with van der Waals surface area (Å²) in [5.41, 5.74) is 0.520. The highest BCUT2D eigenvalue weighted by Gasteiger charge is 2.38. The van der Waals surface area contributed by atoms with Crippen molar-refractivity contribution in [1.82, 2.24) is 10.2 Å². The molecule has 1 aromatic heterocycles. The number of hydrogen-bond acceptors (Lipinski definition) is 3. The molecule has 2 fully saturated rings. The molecule has 0 aliphatic carbocycles. The third-order valence-electron chi connectivity index (χ3n) is 4.97. The lowest BCUT2D eigenvalue weighted by atomic mass is 9.74. The molecule has 0 radical (unpaired) electrons. The van der Waals surface area contributed by atoms with E-state index >= 15 is 0 Å². The van der Waals surface area contributed by atoms with Crippen LogP contribution in [0.2, 0.25) is 0 Å². The van der Waals surface area contributed by atoms with Crippen molar-refractivity contribution in [2.75, 3.05) is 26.2 Å². The molecule has 0 aromatic carbocycles. The fraction of sp³-hybridized carbons (Fsp3) is 0.750. The van der Waals surface area contributed by atoms with Gasteiger partial charge in [-0.15, -0.1) is 0 Å². The standard InChI is InChI=1S/C16H26N2O/c1-13-5-6-15(19-13)14(2)18-10-4-8-16(12-18)7-3-9-17-11-16/h5-6,14,17H,3-4,7-12H2,1-2H3. The predicted octanol–water partition coefficient (Wildman–Crippen LogP) is 3.11. The summed E-state index contributed by atoms with van der Waals surface area (Å²) in [6, 6.07) is 4.63. The molecule has 2 saturated heterocycles. The van der Waals surface area contributed by atoms with E-state index in [0.717, 1.165) is 11.5 Å². The highest BCUT2D eigenvalue weighted by atomic mass is 16.3. The van der Waals surface area contributed by atoms with E-state index in [-0.39, 0.29) is 0 Å². The van der Waals surface area contributed by atoms with E-state index in [1.54, 1.807) is 0 Å². The molecule has 2 atom stereocenters. The maximum atomic E-state index is 5.82. The Morgan fingerprint density at radius 2 is 2.16 bits per heavy atom. The third kappa shape index (κ3) is 2.72. The predicted molar refractivity (Wildman–Crippen MR) is 77.2 cm³/mol. The van der Waals surface area contributed by atoms with E-state index in [1.807, 2.05) is 6.92 Å². The summed E-state index contributed by atoms with van der Waals surface area (Å²) in [6.45, 7) is 9.15. The van der Waals surface area contributed by atoms with Crippen LogP contribution in [-0.2, 0) is 0 Å². The van der Waals surface area contributed by atoms with Crippen molar-refractivity contribution < 1.29 is 4.42 Å². The summed E-state index contributed by atoms with van der Waals surface area (Å²) in [4.78, 5) is 2.62. The van der Waals surface area contributed by atoms with Gasteiger partial charge in [0.1, 0.15) is 11.5 Å². The molecule has 19 heavy (non-hydrogen) atoms. The zero-order chi connectivity index (χ0) is 13.3. The van der Waals surface area contributed by atoms with Crippen LogP contribution in [0.4, 0.5) is 0 Å². The lowest BCUT2D eigenvalue weighted by Gasteiger charge is -2.47. The first-order valence-corrected chi connectivity index (χ1v) is 7.70. The molecule has 3 rings (SSSR count). The molecule has 0 amide bonds. The van der Waals surface area contributed by atoms with Crippen LogP contribution in [0.25, 0.3) is 0 Å². The Morgan fingerprint density at radius 3 is 2.84 bits per heavy atom. The van der Waals surface area contributed by atoms with Crippen LogP contribution in [0.15, 0.2) is 16.5 Å². The highest BCUT2D eigenvalue weighted by molar-refractivity contribution is 5.10. The Kier molecular flexibility index (Phi) is 3.68. The van der Waals surface area contributed by atoms with Gasteiger partial charge < -0.3 is 9.73 Å². The van der Waals surface area contributed by atoms with Gasteiger partial charge in [-0.2, -0.15) is 0 Å². The van der Waals surface area contributed by atoms with Crippen LogP contribution in [0.1, 0.15) is 50.2 Å². The molecule has 3 nitrogen and oxygen atoms in total. The molecule has 0 saturated carbocycles. The zero-order valence-corrected chi connectivity index (χ0v) is 12.2. The molecule has 2 aliphatic heterocycles. The van der Waals surface area contributed by atoms with Gasteiger partial charge in [0, 0.05) is 13.1 Å². The summed E-state index contributed by atoms with van der Waals surface area (Å²) in [6.07, 6.45) is 5.44. The molecule has 1 spiro atoms. The minimum atomic E-state index is 0.410. The summed E-state index contributed by atoms with van der Waals surface area (Å²) >= 11 is 0. The van der Waals surface area contributed by atoms with Gasteiger partial charge in [0.2, 0.25) is 0 Å². The number of piperidine rings is 2. The molecular formula is C16H26N2O. The normalized spacial score (nSPS) is 30.6. The summed E-state index contributed by atoms with van der Waals surface area (Å²) in [5.74, 6) is 2.14. The van der Waals surface area contributed by atoms with E-state index in [1.165, 1.54) is 51.9 Å². The minimum absolute atomic E-state index is 0.410. The van der Waals surface area contributed by atoms with Gasteiger partial charge >= 0.3 is 0 Å². The third-order valence-corrected chi connectivity index (χ3v) is 4.97. The van der Waals surface area contributed by atoms with Crippen LogP contribution in [0.5, 0.6) is 0 Å². The van der Waals surface area contributed by atoms with Crippen molar-refractivity contribution >= 4 is 0 Å². The second-order valence-corrected chi connectivity index (χ2v) is 6.48. The van der Waals surface area contributed by atoms with Crippen molar-refractivity contribution in [3.05, 3.63) is 23.7 Å². The Hall–Kier alpha value is -0.800. The van der Waals surface area contributed by atoms with Crippen molar-refractivity contribution in [1.29, 1.82) is 0 Å².